The quantitative estimate of drug-likeness (QED) is 0.942. The predicted molar refractivity (Wildman–Crippen MR) is 93.1 cm³/mol. The van der Waals surface area contributed by atoms with Gasteiger partial charge in [0.05, 0.1) is 25.0 Å². The number of para-hydroxylation sites is 2. The number of H-pyrrole nitrogens is 1. The second-order valence-electron chi connectivity index (χ2n) is 6.33. The lowest BCUT2D eigenvalue weighted by Gasteiger charge is -2.41. The maximum Gasteiger partial charge on any atom is 0.142 e. The SMILES string of the molecule is COc1ccccc1N1CCN(Cc2nc(C)c(C)[nH]2)[C@H](C)C1. The number of piperazine rings is 1. The van der Waals surface area contributed by atoms with Gasteiger partial charge >= 0.3 is 0 Å². The molecule has 0 spiro atoms. The van der Waals surface area contributed by atoms with Crippen molar-refractivity contribution in [2.45, 2.75) is 33.4 Å². The third-order valence-corrected chi connectivity index (χ3v) is 4.72. The molecule has 5 heteroatoms. The maximum atomic E-state index is 5.50. The van der Waals surface area contributed by atoms with E-state index in [2.05, 4.69) is 52.7 Å². The minimum atomic E-state index is 0.472. The molecule has 0 radical (unpaired) electrons. The fraction of sp³-hybridized carbons (Fsp3) is 0.500. The zero-order chi connectivity index (χ0) is 16.4. The number of ether oxygens (including phenoxy) is 1. The van der Waals surface area contributed by atoms with Crippen molar-refractivity contribution in [3.8, 4) is 5.75 Å². The Morgan fingerprint density at radius 2 is 2.04 bits per heavy atom. The summed E-state index contributed by atoms with van der Waals surface area (Å²) >= 11 is 0. The van der Waals surface area contributed by atoms with Crippen LogP contribution in [0.25, 0.3) is 0 Å². The maximum absolute atomic E-state index is 5.50. The van der Waals surface area contributed by atoms with Crippen molar-refractivity contribution in [3.05, 3.63) is 41.5 Å². The zero-order valence-electron chi connectivity index (χ0n) is 14.5. The molecule has 0 bridgehead atoms. The van der Waals surface area contributed by atoms with E-state index in [0.717, 1.165) is 43.4 Å². The van der Waals surface area contributed by atoms with Crippen LogP contribution in [-0.2, 0) is 6.54 Å². The molecule has 0 unspecified atom stereocenters. The van der Waals surface area contributed by atoms with E-state index in [-0.39, 0.29) is 0 Å². The fourth-order valence-electron chi connectivity index (χ4n) is 3.23. The Hall–Kier alpha value is -2.01. The van der Waals surface area contributed by atoms with Gasteiger partial charge in [0.2, 0.25) is 0 Å². The van der Waals surface area contributed by atoms with Gasteiger partial charge in [-0.1, -0.05) is 12.1 Å². The van der Waals surface area contributed by atoms with Crippen molar-refractivity contribution in [1.29, 1.82) is 0 Å². The lowest BCUT2D eigenvalue weighted by Crippen LogP contribution is -2.51. The summed E-state index contributed by atoms with van der Waals surface area (Å²) in [6.45, 7) is 10.3. The summed E-state index contributed by atoms with van der Waals surface area (Å²) in [5, 5.41) is 0. The number of hydrogen-bond acceptors (Lipinski definition) is 4. The molecule has 1 aromatic carbocycles. The van der Waals surface area contributed by atoms with Crippen LogP contribution in [0.3, 0.4) is 0 Å². The molecule has 1 aliphatic rings. The summed E-state index contributed by atoms with van der Waals surface area (Å²) in [6.07, 6.45) is 0. The average molecular weight is 314 g/mol. The number of aryl methyl sites for hydroxylation is 2. The average Bonchev–Trinajstić information content (AvgIpc) is 2.87. The highest BCUT2D eigenvalue weighted by Gasteiger charge is 2.26. The van der Waals surface area contributed by atoms with Gasteiger partial charge in [0.15, 0.2) is 0 Å². The van der Waals surface area contributed by atoms with Gasteiger partial charge in [0, 0.05) is 31.4 Å². The molecule has 2 heterocycles. The molecular formula is C18H26N4O. The summed E-state index contributed by atoms with van der Waals surface area (Å²) in [4.78, 5) is 12.9. The molecule has 2 aromatic rings. The van der Waals surface area contributed by atoms with Gasteiger partial charge in [-0.15, -0.1) is 0 Å². The molecule has 3 rings (SSSR count). The summed E-state index contributed by atoms with van der Waals surface area (Å²) in [5.41, 5.74) is 3.45. The lowest BCUT2D eigenvalue weighted by molar-refractivity contribution is 0.176. The zero-order valence-corrected chi connectivity index (χ0v) is 14.5. The number of imidazole rings is 1. The van der Waals surface area contributed by atoms with Crippen molar-refractivity contribution in [1.82, 2.24) is 14.9 Å². The first-order valence-electron chi connectivity index (χ1n) is 8.22. The van der Waals surface area contributed by atoms with E-state index in [0.29, 0.717) is 6.04 Å². The smallest absolute Gasteiger partial charge is 0.142 e. The van der Waals surface area contributed by atoms with Crippen LogP contribution in [0, 0.1) is 13.8 Å². The lowest BCUT2D eigenvalue weighted by atomic mass is 10.1. The molecule has 1 N–H and O–H groups in total. The van der Waals surface area contributed by atoms with Crippen LogP contribution in [0.5, 0.6) is 5.75 Å². The number of anilines is 1. The first kappa shape index (κ1) is 15.9. The molecule has 1 saturated heterocycles. The molecule has 124 valence electrons. The number of hydrogen-bond donors (Lipinski definition) is 1. The first-order chi connectivity index (χ1) is 11.1. The number of benzene rings is 1. The molecule has 1 aliphatic heterocycles. The van der Waals surface area contributed by atoms with Gasteiger partial charge in [0.25, 0.3) is 0 Å². The second kappa shape index (κ2) is 6.62. The number of nitrogens with zero attached hydrogens (tertiary/aromatic N) is 3. The minimum Gasteiger partial charge on any atom is -0.495 e. The van der Waals surface area contributed by atoms with Gasteiger partial charge in [-0.2, -0.15) is 0 Å². The van der Waals surface area contributed by atoms with E-state index in [1.807, 2.05) is 12.1 Å². The van der Waals surface area contributed by atoms with Gasteiger partial charge in [0.1, 0.15) is 11.6 Å². The largest absolute Gasteiger partial charge is 0.495 e. The van der Waals surface area contributed by atoms with Crippen LogP contribution < -0.4 is 9.64 Å². The molecule has 0 amide bonds. The highest BCUT2D eigenvalue weighted by molar-refractivity contribution is 5.58. The van der Waals surface area contributed by atoms with E-state index in [1.165, 1.54) is 11.4 Å². The standard InChI is InChI=1S/C18H26N4O/c1-13-11-22(16-7-5-6-8-17(16)23-4)10-9-21(13)12-18-19-14(2)15(3)20-18/h5-8,13H,9-12H2,1-4H3,(H,19,20)/t13-/m1/s1. The van der Waals surface area contributed by atoms with Crippen LogP contribution >= 0.6 is 0 Å². The Morgan fingerprint density at radius 1 is 1.26 bits per heavy atom. The Bertz CT molecular complexity index is 647. The summed E-state index contributed by atoms with van der Waals surface area (Å²) in [6, 6.07) is 8.73. The first-order valence-corrected chi connectivity index (χ1v) is 8.22. The summed E-state index contributed by atoms with van der Waals surface area (Å²) < 4.78 is 5.50. The van der Waals surface area contributed by atoms with Gasteiger partial charge in [-0.05, 0) is 32.9 Å². The van der Waals surface area contributed by atoms with Gasteiger partial charge in [-0.3, -0.25) is 4.90 Å². The topological polar surface area (TPSA) is 44.4 Å². The molecule has 1 aromatic heterocycles. The monoisotopic (exact) mass is 314 g/mol. The van der Waals surface area contributed by atoms with Crippen molar-refractivity contribution in [2.75, 3.05) is 31.6 Å². The molecule has 0 saturated carbocycles. The van der Waals surface area contributed by atoms with Crippen molar-refractivity contribution in [3.63, 3.8) is 0 Å². The molecule has 5 nitrogen and oxygen atoms in total. The number of rotatable bonds is 4. The van der Waals surface area contributed by atoms with Crippen molar-refractivity contribution in [2.24, 2.45) is 0 Å². The molecule has 23 heavy (non-hydrogen) atoms. The minimum absolute atomic E-state index is 0.472. The highest BCUT2D eigenvalue weighted by atomic mass is 16.5. The molecule has 1 atom stereocenters. The van der Waals surface area contributed by atoms with Crippen molar-refractivity contribution >= 4 is 5.69 Å². The third kappa shape index (κ3) is 3.34. The highest BCUT2D eigenvalue weighted by Crippen LogP contribution is 2.29. The fourth-order valence-corrected chi connectivity index (χ4v) is 3.23. The molecule has 0 aliphatic carbocycles. The van der Waals surface area contributed by atoms with Crippen LogP contribution in [0.4, 0.5) is 5.69 Å². The van der Waals surface area contributed by atoms with Crippen molar-refractivity contribution < 1.29 is 4.74 Å². The van der Waals surface area contributed by atoms with Crippen LogP contribution in [0.15, 0.2) is 24.3 Å². The number of aromatic nitrogens is 2. The Balaban J connectivity index is 1.67. The van der Waals surface area contributed by atoms with Gasteiger partial charge in [-0.25, -0.2) is 4.98 Å². The second-order valence-corrected chi connectivity index (χ2v) is 6.33. The molecule has 1 fully saturated rings. The number of nitrogens with one attached hydrogen (secondary N) is 1. The van der Waals surface area contributed by atoms with E-state index >= 15 is 0 Å². The van der Waals surface area contributed by atoms with E-state index in [4.69, 9.17) is 4.74 Å². The van der Waals surface area contributed by atoms with Gasteiger partial charge < -0.3 is 14.6 Å². The normalized spacial score (nSPS) is 19.1. The van der Waals surface area contributed by atoms with Crippen LogP contribution in [-0.4, -0.2) is 47.7 Å². The molecular weight excluding hydrogens is 288 g/mol. The Morgan fingerprint density at radius 3 is 2.70 bits per heavy atom. The number of aromatic amines is 1. The summed E-state index contributed by atoms with van der Waals surface area (Å²) in [7, 11) is 1.74. The van der Waals surface area contributed by atoms with Crippen LogP contribution in [0.2, 0.25) is 0 Å². The number of methoxy groups -OCH3 is 1. The Labute approximate surface area is 138 Å². The van der Waals surface area contributed by atoms with E-state index in [9.17, 15) is 0 Å². The summed E-state index contributed by atoms with van der Waals surface area (Å²) in [5.74, 6) is 2.02. The van der Waals surface area contributed by atoms with Crippen LogP contribution in [0.1, 0.15) is 24.1 Å². The van der Waals surface area contributed by atoms with E-state index in [1.54, 1.807) is 7.11 Å². The third-order valence-electron chi connectivity index (χ3n) is 4.72. The van der Waals surface area contributed by atoms with E-state index < -0.39 is 0 Å². The predicted octanol–water partition coefficient (Wildman–Crippen LogP) is 2.75. The Kier molecular flexibility index (Phi) is 4.57.